The second-order valence-corrected chi connectivity index (χ2v) is 3.31. The molecule has 0 amide bonds. The molecule has 0 aromatic heterocycles. The number of unbranched alkanes of at least 4 members (excludes halogenated alkanes) is 1. The van der Waals surface area contributed by atoms with E-state index in [1.54, 1.807) is 0 Å². The number of ketones is 1. The number of thioether (sulfide) groups is 1. The Morgan fingerprint density at radius 2 is 2.10 bits per heavy atom. The molecule has 1 rings (SSSR count). The van der Waals surface area contributed by atoms with Crippen LogP contribution in [-0.2, 0) is 9.59 Å². The van der Waals surface area contributed by atoms with Crippen molar-refractivity contribution in [2.24, 2.45) is 0 Å². The van der Waals surface area contributed by atoms with E-state index in [2.05, 4.69) is 6.92 Å². The van der Waals surface area contributed by atoms with E-state index < -0.39 is 0 Å². The van der Waals surface area contributed by atoms with Crippen molar-refractivity contribution in [2.75, 3.05) is 0 Å². The second-order valence-electron chi connectivity index (χ2n) is 2.25. The van der Waals surface area contributed by atoms with Gasteiger partial charge in [-0.25, -0.2) is 0 Å². The number of carbonyl (C=O) groups excluding carboxylic acids is 2. The highest BCUT2D eigenvalue weighted by Crippen LogP contribution is 2.37. The molecule has 0 aromatic carbocycles. The van der Waals surface area contributed by atoms with Crippen LogP contribution < -0.4 is 0 Å². The first-order valence-electron chi connectivity index (χ1n) is 3.38. The van der Waals surface area contributed by atoms with Crippen LogP contribution in [0.2, 0.25) is 0 Å². The molecule has 1 saturated heterocycles. The fraction of sp³-hybridized carbons (Fsp3) is 0.571. The smallest absolute Gasteiger partial charge is 0.257 e. The number of Topliss-reactive ketones (excluding diaryl/α,β-unsaturated/α-hetero) is 1. The summed E-state index contributed by atoms with van der Waals surface area (Å²) < 4.78 is 0. The minimum absolute atomic E-state index is 0.251. The Morgan fingerprint density at radius 1 is 1.40 bits per heavy atom. The van der Waals surface area contributed by atoms with E-state index in [4.69, 9.17) is 0 Å². The Labute approximate surface area is 64.4 Å². The maximum atomic E-state index is 10.7. The third-order valence-electron chi connectivity index (χ3n) is 1.41. The average molecular weight is 157 g/mol. The molecule has 10 heavy (non-hydrogen) atoms. The lowest BCUT2D eigenvalue weighted by molar-refractivity contribution is -0.131. The third kappa shape index (κ3) is 1.40. The molecule has 3 heteroatoms. The van der Waals surface area contributed by atoms with E-state index >= 15 is 0 Å². The van der Waals surface area contributed by atoms with Crippen molar-refractivity contribution in [3.8, 4) is 0 Å². The van der Waals surface area contributed by atoms with E-state index in [0.29, 0.717) is 0 Å². The standard InChI is InChI=1S/C7H9O2S/c1-2-3-4-5-6(8)7(9)10-5/h2-4H2,1H3. The minimum Gasteiger partial charge on any atom is -0.288 e. The summed E-state index contributed by atoms with van der Waals surface area (Å²) in [6.07, 6.45) is 2.89. The zero-order chi connectivity index (χ0) is 7.56. The normalized spacial score (nSPS) is 19.3. The van der Waals surface area contributed by atoms with Gasteiger partial charge in [-0.05, 0) is 6.42 Å². The average Bonchev–Trinajstić information content (AvgIpc) is 1.97. The maximum Gasteiger partial charge on any atom is 0.257 e. The van der Waals surface area contributed by atoms with Crippen LogP contribution in [0, 0.1) is 5.25 Å². The van der Waals surface area contributed by atoms with Crippen LogP contribution in [0.15, 0.2) is 0 Å². The molecule has 1 aliphatic heterocycles. The molecule has 1 fully saturated rings. The Balaban J connectivity index is 2.21. The topological polar surface area (TPSA) is 34.1 Å². The summed E-state index contributed by atoms with van der Waals surface area (Å²) in [6, 6.07) is 0. The van der Waals surface area contributed by atoms with Gasteiger partial charge < -0.3 is 0 Å². The minimum atomic E-state index is -0.286. The van der Waals surface area contributed by atoms with Crippen LogP contribution in [0.25, 0.3) is 0 Å². The molecule has 0 spiro atoms. The van der Waals surface area contributed by atoms with Gasteiger partial charge in [0.15, 0.2) is 0 Å². The van der Waals surface area contributed by atoms with Gasteiger partial charge >= 0.3 is 0 Å². The Bertz CT molecular complexity index is 165. The van der Waals surface area contributed by atoms with Gasteiger partial charge in [0, 0.05) is 0 Å². The van der Waals surface area contributed by atoms with Crippen LogP contribution >= 0.6 is 11.8 Å². The molecule has 0 bridgehead atoms. The highest BCUT2D eigenvalue weighted by molar-refractivity contribution is 8.22. The van der Waals surface area contributed by atoms with Crippen LogP contribution in [-0.4, -0.2) is 10.9 Å². The van der Waals surface area contributed by atoms with Gasteiger partial charge in [0.25, 0.3) is 5.12 Å². The number of hydrogen-bond acceptors (Lipinski definition) is 3. The molecule has 0 aliphatic carbocycles. The molecule has 0 atom stereocenters. The van der Waals surface area contributed by atoms with Crippen LogP contribution in [0.3, 0.4) is 0 Å². The highest BCUT2D eigenvalue weighted by atomic mass is 32.2. The number of hydrogen-bond donors (Lipinski definition) is 0. The molecule has 1 aliphatic rings. The molecule has 0 aromatic rings. The van der Waals surface area contributed by atoms with Crippen molar-refractivity contribution in [3.63, 3.8) is 0 Å². The lowest BCUT2D eigenvalue weighted by Gasteiger charge is -2.19. The van der Waals surface area contributed by atoms with Gasteiger partial charge in [-0.2, -0.15) is 0 Å². The van der Waals surface area contributed by atoms with E-state index in [1.807, 2.05) is 0 Å². The third-order valence-corrected chi connectivity index (χ3v) is 2.42. The zero-order valence-electron chi connectivity index (χ0n) is 5.85. The van der Waals surface area contributed by atoms with E-state index in [1.165, 1.54) is 0 Å². The fourth-order valence-corrected chi connectivity index (χ4v) is 1.49. The highest BCUT2D eigenvalue weighted by Gasteiger charge is 2.39. The molecule has 1 radical (unpaired) electrons. The van der Waals surface area contributed by atoms with Gasteiger partial charge in [0.05, 0.1) is 0 Å². The molecule has 0 unspecified atom stereocenters. The molecule has 2 nitrogen and oxygen atoms in total. The molecule has 0 N–H and O–H groups in total. The first-order chi connectivity index (χ1) is 4.75. The van der Waals surface area contributed by atoms with Gasteiger partial charge in [0.1, 0.15) is 5.25 Å². The van der Waals surface area contributed by atoms with Crippen molar-refractivity contribution < 1.29 is 9.59 Å². The van der Waals surface area contributed by atoms with Gasteiger partial charge in [-0.1, -0.05) is 31.5 Å². The first-order valence-corrected chi connectivity index (χ1v) is 4.19. The van der Waals surface area contributed by atoms with Crippen LogP contribution in [0.4, 0.5) is 0 Å². The van der Waals surface area contributed by atoms with E-state index in [9.17, 15) is 9.59 Å². The largest absolute Gasteiger partial charge is 0.288 e. The molecule has 55 valence electrons. The quantitative estimate of drug-likeness (QED) is 0.583. The van der Waals surface area contributed by atoms with Gasteiger partial charge in [0.2, 0.25) is 5.78 Å². The van der Waals surface area contributed by atoms with Crippen LogP contribution in [0.1, 0.15) is 26.2 Å². The van der Waals surface area contributed by atoms with Crippen molar-refractivity contribution in [2.45, 2.75) is 26.2 Å². The SMILES string of the molecule is CCCC[C]1SC(=O)C1=O. The van der Waals surface area contributed by atoms with E-state index in [-0.39, 0.29) is 10.9 Å². The molecule has 0 saturated carbocycles. The fourth-order valence-electron chi connectivity index (χ4n) is 0.774. The van der Waals surface area contributed by atoms with Crippen molar-refractivity contribution in [3.05, 3.63) is 5.25 Å². The number of rotatable bonds is 3. The van der Waals surface area contributed by atoms with Crippen LogP contribution in [0.5, 0.6) is 0 Å². The van der Waals surface area contributed by atoms with Crippen molar-refractivity contribution >= 4 is 22.7 Å². The maximum absolute atomic E-state index is 10.7. The van der Waals surface area contributed by atoms with Gasteiger partial charge in [-0.3, -0.25) is 9.59 Å². The Kier molecular flexibility index (Phi) is 2.49. The summed E-state index contributed by atoms with van der Waals surface area (Å²) in [5, 5.41) is 0.470. The monoisotopic (exact) mass is 157 g/mol. The van der Waals surface area contributed by atoms with Crippen molar-refractivity contribution in [1.29, 1.82) is 0 Å². The molecular weight excluding hydrogens is 148 g/mol. The number of carbonyl (C=O) groups is 2. The summed E-state index contributed by atoms with van der Waals surface area (Å²) in [6.45, 7) is 2.07. The molecule has 1 heterocycles. The predicted molar refractivity (Wildman–Crippen MR) is 40.4 cm³/mol. The summed E-state index contributed by atoms with van der Waals surface area (Å²) in [7, 11) is 0. The second kappa shape index (κ2) is 3.19. The first kappa shape index (κ1) is 7.79. The lowest BCUT2D eigenvalue weighted by atomic mass is 10.1. The summed E-state index contributed by atoms with van der Waals surface area (Å²) in [5.74, 6) is -0.251. The zero-order valence-corrected chi connectivity index (χ0v) is 6.66. The van der Waals surface area contributed by atoms with E-state index in [0.717, 1.165) is 36.3 Å². The Morgan fingerprint density at radius 3 is 2.50 bits per heavy atom. The summed E-state index contributed by atoms with van der Waals surface area (Å²) in [5.41, 5.74) is 0. The van der Waals surface area contributed by atoms with Crippen molar-refractivity contribution in [1.82, 2.24) is 0 Å². The lowest BCUT2D eigenvalue weighted by Crippen LogP contribution is -2.29. The molecular formula is C7H9O2S. The summed E-state index contributed by atoms with van der Waals surface area (Å²) >= 11 is 1.10. The summed E-state index contributed by atoms with van der Waals surface area (Å²) in [4.78, 5) is 21.1. The predicted octanol–water partition coefficient (Wildman–Crippen LogP) is 1.55. The Hall–Kier alpha value is -0.310. The van der Waals surface area contributed by atoms with Gasteiger partial charge in [-0.15, -0.1) is 0 Å².